The zero-order chi connectivity index (χ0) is 12.5. The van der Waals surface area contributed by atoms with Gasteiger partial charge in [-0.25, -0.2) is 0 Å². The lowest BCUT2D eigenvalue weighted by atomic mass is 10.1. The molecule has 0 saturated carbocycles. The Balaban J connectivity index is 2.78. The molecule has 0 bridgehead atoms. The van der Waals surface area contributed by atoms with Gasteiger partial charge in [0.25, 0.3) is 0 Å². The summed E-state index contributed by atoms with van der Waals surface area (Å²) in [6.45, 7) is 6.72. The number of rotatable bonds is 8. The van der Waals surface area contributed by atoms with E-state index in [1.165, 1.54) is 24.9 Å². The summed E-state index contributed by atoms with van der Waals surface area (Å²) in [5, 5.41) is 3.30. The minimum Gasteiger partial charge on any atom is -0.367 e. The minimum absolute atomic E-state index is 0.592. The van der Waals surface area contributed by atoms with Crippen LogP contribution in [0.1, 0.15) is 33.1 Å². The molecule has 0 spiro atoms. The van der Waals surface area contributed by atoms with E-state index in [1.54, 1.807) is 0 Å². The summed E-state index contributed by atoms with van der Waals surface area (Å²) in [4.78, 5) is 2.54. The molecule has 0 heterocycles. The number of hydrogen-bond donors (Lipinski definition) is 1. The van der Waals surface area contributed by atoms with E-state index in [4.69, 9.17) is 0 Å². The third-order valence-electron chi connectivity index (χ3n) is 3.19. The average molecular weight is 234 g/mol. The van der Waals surface area contributed by atoms with Crippen molar-refractivity contribution in [2.75, 3.05) is 25.0 Å². The molecule has 0 aliphatic heterocycles. The molecule has 0 amide bonds. The molecule has 2 nitrogen and oxygen atoms in total. The van der Waals surface area contributed by atoms with Gasteiger partial charge in [-0.05, 0) is 32.0 Å². The maximum atomic E-state index is 3.30. The van der Waals surface area contributed by atoms with E-state index in [-0.39, 0.29) is 0 Å². The molecule has 1 unspecified atom stereocenters. The summed E-state index contributed by atoms with van der Waals surface area (Å²) in [5.41, 5.74) is 1.35. The normalized spacial score (nSPS) is 12.4. The van der Waals surface area contributed by atoms with Crippen molar-refractivity contribution >= 4 is 5.69 Å². The molecule has 0 saturated heterocycles. The van der Waals surface area contributed by atoms with Gasteiger partial charge in [0, 0.05) is 24.8 Å². The van der Waals surface area contributed by atoms with Crippen LogP contribution in [0.5, 0.6) is 0 Å². The molecule has 0 fully saturated rings. The molecule has 1 rings (SSSR count). The molecule has 17 heavy (non-hydrogen) atoms. The summed E-state index contributed by atoms with van der Waals surface area (Å²) in [5.74, 6) is 0. The van der Waals surface area contributed by atoms with Gasteiger partial charge in [-0.1, -0.05) is 38.5 Å². The lowest BCUT2D eigenvalue weighted by Gasteiger charge is -2.33. The smallest absolute Gasteiger partial charge is 0.0411 e. The summed E-state index contributed by atoms with van der Waals surface area (Å²) >= 11 is 0. The fraction of sp³-hybridized carbons (Fsp3) is 0.600. The molecule has 1 N–H and O–H groups in total. The lowest BCUT2D eigenvalue weighted by Crippen LogP contribution is -2.42. The van der Waals surface area contributed by atoms with E-state index < -0.39 is 0 Å². The molecular formula is C15H26N2. The Morgan fingerprint density at radius 3 is 2.41 bits per heavy atom. The number of nitrogens with one attached hydrogen (secondary N) is 1. The minimum atomic E-state index is 0.592. The van der Waals surface area contributed by atoms with Gasteiger partial charge >= 0.3 is 0 Å². The fourth-order valence-corrected chi connectivity index (χ4v) is 2.18. The lowest BCUT2D eigenvalue weighted by molar-refractivity contribution is 0.533. The molecular weight excluding hydrogens is 208 g/mol. The summed E-state index contributed by atoms with van der Waals surface area (Å²) in [6, 6.07) is 11.4. The standard InChI is InChI=1S/C15H26N2/c1-4-6-12-17(14(5-2)13-16-3)15-10-8-7-9-11-15/h7-11,14,16H,4-6,12-13H2,1-3H3. The molecule has 1 aromatic rings. The van der Waals surface area contributed by atoms with Gasteiger partial charge in [-0.2, -0.15) is 0 Å². The van der Waals surface area contributed by atoms with E-state index in [1.807, 2.05) is 7.05 Å². The van der Waals surface area contributed by atoms with E-state index in [9.17, 15) is 0 Å². The summed E-state index contributed by atoms with van der Waals surface area (Å²) in [7, 11) is 2.03. The number of nitrogens with zero attached hydrogens (tertiary/aromatic N) is 1. The summed E-state index contributed by atoms with van der Waals surface area (Å²) < 4.78 is 0. The van der Waals surface area contributed by atoms with Gasteiger partial charge in [-0.15, -0.1) is 0 Å². The van der Waals surface area contributed by atoms with E-state index in [0.717, 1.165) is 13.1 Å². The van der Waals surface area contributed by atoms with Crippen molar-refractivity contribution in [3.63, 3.8) is 0 Å². The van der Waals surface area contributed by atoms with Crippen molar-refractivity contribution in [3.05, 3.63) is 30.3 Å². The van der Waals surface area contributed by atoms with Crippen molar-refractivity contribution in [2.45, 2.75) is 39.2 Å². The SMILES string of the molecule is CCCCN(c1ccccc1)C(CC)CNC. The fourth-order valence-electron chi connectivity index (χ4n) is 2.18. The van der Waals surface area contributed by atoms with Crippen molar-refractivity contribution in [2.24, 2.45) is 0 Å². The number of likely N-dealkylation sites (N-methyl/N-ethyl adjacent to an activating group) is 1. The first-order valence-electron chi connectivity index (χ1n) is 6.79. The van der Waals surface area contributed by atoms with Crippen LogP contribution in [0, 0.1) is 0 Å². The Kier molecular flexibility index (Phi) is 6.71. The van der Waals surface area contributed by atoms with Crippen LogP contribution in [0.4, 0.5) is 5.69 Å². The van der Waals surface area contributed by atoms with Crippen LogP contribution in [-0.2, 0) is 0 Å². The van der Waals surface area contributed by atoms with Gasteiger partial charge in [0.05, 0.1) is 0 Å². The molecule has 0 radical (unpaired) electrons. The highest BCUT2D eigenvalue weighted by molar-refractivity contribution is 5.47. The zero-order valence-electron chi connectivity index (χ0n) is 11.4. The predicted octanol–water partition coefficient (Wildman–Crippen LogP) is 3.29. The Morgan fingerprint density at radius 1 is 1.18 bits per heavy atom. The first-order valence-corrected chi connectivity index (χ1v) is 6.79. The van der Waals surface area contributed by atoms with Crippen LogP contribution in [-0.4, -0.2) is 26.2 Å². The van der Waals surface area contributed by atoms with Crippen molar-refractivity contribution in [1.82, 2.24) is 5.32 Å². The number of para-hydroxylation sites is 1. The molecule has 0 aromatic heterocycles. The highest BCUT2D eigenvalue weighted by Gasteiger charge is 2.15. The second-order valence-corrected chi connectivity index (χ2v) is 4.50. The number of anilines is 1. The number of unbranched alkanes of at least 4 members (excludes halogenated alkanes) is 1. The maximum Gasteiger partial charge on any atom is 0.0411 e. The van der Waals surface area contributed by atoms with Gasteiger partial charge in [0.15, 0.2) is 0 Å². The highest BCUT2D eigenvalue weighted by Crippen LogP contribution is 2.18. The first kappa shape index (κ1) is 14.0. The van der Waals surface area contributed by atoms with E-state index in [0.29, 0.717) is 6.04 Å². The number of hydrogen-bond acceptors (Lipinski definition) is 2. The zero-order valence-corrected chi connectivity index (χ0v) is 11.4. The predicted molar refractivity (Wildman–Crippen MR) is 76.7 cm³/mol. The van der Waals surface area contributed by atoms with Crippen LogP contribution < -0.4 is 10.2 Å². The topological polar surface area (TPSA) is 15.3 Å². The molecule has 0 aliphatic rings. The molecule has 1 atom stereocenters. The van der Waals surface area contributed by atoms with Gasteiger partial charge in [0.1, 0.15) is 0 Å². The van der Waals surface area contributed by atoms with E-state index >= 15 is 0 Å². The largest absolute Gasteiger partial charge is 0.367 e. The third kappa shape index (κ3) is 4.39. The van der Waals surface area contributed by atoms with Gasteiger partial charge in [0.2, 0.25) is 0 Å². The van der Waals surface area contributed by atoms with Gasteiger partial charge < -0.3 is 10.2 Å². The molecule has 96 valence electrons. The average Bonchev–Trinajstić information content (AvgIpc) is 2.39. The van der Waals surface area contributed by atoms with Crippen molar-refractivity contribution in [1.29, 1.82) is 0 Å². The van der Waals surface area contributed by atoms with Gasteiger partial charge in [-0.3, -0.25) is 0 Å². The quantitative estimate of drug-likeness (QED) is 0.742. The Bertz CT molecular complexity index is 284. The maximum absolute atomic E-state index is 3.30. The Hall–Kier alpha value is -1.02. The second-order valence-electron chi connectivity index (χ2n) is 4.50. The highest BCUT2D eigenvalue weighted by atomic mass is 15.2. The Morgan fingerprint density at radius 2 is 1.88 bits per heavy atom. The first-order chi connectivity index (χ1) is 8.33. The van der Waals surface area contributed by atoms with Crippen LogP contribution in [0.25, 0.3) is 0 Å². The van der Waals surface area contributed by atoms with E-state index in [2.05, 4.69) is 54.4 Å². The van der Waals surface area contributed by atoms with Crippen molar-refractivity contribution < 1.29 is 0 Å². The van der Waals surface area contributed by atoms with Crippen molar-refractivity contribution in [3.8, 4) is 0 Å². The van der Waals surface area contributed by atoms with Crippen LogP contribution in [0.3, 0.4) is 0 Å². The molecule has 1 aromatic carbocycles. The second kappa shape index (κ2) is 8.13. The molecule has 2 heteroatoms. The monoisotopic (exact) mass is 234 g/mol. The summed E-state index contributed by atoms with van der Waals surface area (Å²) in [6.07, 6.45) is 3.69. The third-order valence-corrected chi connectivity index (χ3v) is 3.19. The van der Waals surface area contributed by atoms with Crippen LogP contribution in [0.2, 0.25) is 0 Å². The number of benzene rings is 1. The van der Waals surface area contributed by atoms with Crippen LogP contribution in [0.15, 0.2) is 30.3 Å². The molecule has 0 aliphatic carbocycles. The Labute approximate surface area is 106 Å². The van der Waals surface area contributed by atoms with Crippen LogP contribution >= 0.6 is 0 Å².